The van der Waals surface area contributed by atoms with Crippen molar-refractivity contribution < 1.29 is 19.0 Å². The van der Waals surface area contributed by atoms with Gasteiger partial charge in [0.25, 0.3) is 5.91 Å². The monoisotopic (exact) mass is 352 g/mol. The Morgan fingerprint density at radius 1 is 1.00 bits per heavy atom. The molecule has 6 nitrogen and oxygen atoms in total. The van der Waals surface area contributed by atoms with Gasteiger partial charge < -0.3 is 19.5 Å². The molecule has 1 aliphatic heterocycles. The summed E-state index contributed by atoms with van der Waals surface area (Å²) < 4.78 is 16.1. The molecule has 0 aliphatic carbocycles. The maximum absolute atomic E-state index is 12.1. The molecule has 134 valence electrons. The quantitative estimate of drug-likeness (QED) is 0.778. The topological polar surface area (TPSA) is 69.2 Å². The predicted molar refractivity (Wildman–Crippen MR) is 99.7 cm³/mol. The Hall–Kier alpha value is -3.28. The zero-order chi connectivity index (χ0) is 18.4. The number of amides is 1. The molecule has 1 N–H and O–H groups in total. The summed E-state index contributed by atoms with van der Waals surface area (Å²) in [5, 5.41) is 2.77. The van der Waals surface area contributed by atoms with E-state index in [0.29, 0.717) is 36.1 Å². The van der Waals surface area contributed by atoms with Gasteiger partial charge in [-0.2, -0.15) is 0 Å². The summed E-state index contributed by atoms with van der Waals surface area (Å²) >= 11 is 0. The third kappa shape index (κ3) is 4.42. The van der Waals surface area contributed by atoms with Gasteiger partial charge in [-0.15, -0.1) is 0 Å². The lowest BCUT2D eigenvalue weighted by molar-refractivity contribution is -0.115. The summed E-state index contributed by atoms with van der Waals surface area (Å²) in [6.07, 6.45) is 2.21. The average Bonchev–Trinajstić information content (AvgIpc) is 3.01. The van der Waals surface area contributed by atoms with Gasteiger partial charge in [0.15, 0.2) is 0 Å². The van der Waals surface area contributed by atoms with E-state index >= 15 is 0 Å². The number of nitrogens with zero attached hydrogens (tertiary/aromatic N) is 1. The van der Waals surface area contributed by atoms with E-state index in [0.717, 1.165) is 11.3 Å². The van der Waals surface area contributed by atoms with Gasteiger partial charge in [0.1, 0.15) is 28.8 Å². The number of nitrogens with one attached hydrogen (secondary N) is 1. The molecule has 1 heterocycles. The molecule has 0 radical (unpaired) electrons. The number of carbonyl (C=O) groups is 1. The van der Waals surface area contributed by atoms with E-state index in [9.17, 15) is 4.79 Å². The van der Waals surface area contributed by atoms with Gasteiger partial charge in [0.05, 0.1) is 20.8 Å². The number of carbonyl (C=O) groups excluding carboxylic acids is 1. The number of para-hydroxylation sites is 1. The Bertz CT molecular complexity index is 822. The molecule has 3 rings (SSSR count). The van der Waals surface area contributed by atoms with Crippen molar-refractivity contribution in [2.75, 3.05) is 20.8 Å². The molecule has 0 saturated carbocycles. The second-order valence-corrected chi connectivity index (χ2v) is 5.60. The van der Waals surface area contributed by atoms with Crippen LogP contribution in [0.15, 0.2) is 59.2 Å². The highest BCUT2D eigenvalue weighted by molar-refractivity contribution is 6.14. The molecule has 2 aromatic rings. The first-order valence-corrected chi connectivity index (χ1v) is 8.19. The third-order valence-corrected chi connectivity index (χ3v) is 3.77. The van der Waals surface area contributed by atoms with E-state index in [1.807, 2.05) is 42.5 Å². The summed E-state index contributed by atoms with van der Waals surface area (Å²) in [5.74, 6) is 2.44. The molecule has 0 bridgehead atoms. The first kappa shape index (κ1) is 17.5. The van der Waals surface area contributed by atoms with E-state index < -0.39 is 0 Å². The summed E-state index contributed by atoms with van der Waals surface area (Å²) in [4.78, 5) is 16.5. The lowest BCUT2D eigenvalue weighted by Gasteiger charge is -2.05. The summed E-state index contributed by atoms with van der Waals surface area (Å²) in [7, 11) is 3.16. The number of ether oxygens (including phenoxy) is 3. The van der Waals surface area contributed by atoms with Crippen molar-refractivity contribution in [2.24, 2.45) is 4.99 Å². The van der Waals surface area contributed by atoms with Crippen molar-refractivity contribution in [1.82, 2.24) is 5.32 Å². The molecule has 6 heteroatoms. The fraction of sp³-hybridized carbons (Fsp3) is 0.200. The van der Waals surface area contributed by atoms with Crippen LogP contribution in [0.25, 0.3) is 6.08 Å². The van der Waals surface area contributed by atoms with Crippen molar-refractivity contribution in [3.8, 4) is 17.2 Å². The van der Waals surface area contributed by atoms with E-state index in [1.54, 1.807) is 26.4 Å². The molecular weight excluding hydrogens is 332 g/mol. The van der Waals surface area contributed by atoms with Crippen molar-refractivity contribution in [3.63, 3.8) is 0 Å². The molecule has 1 aliphatic rings. The Morgan fingerprint density at radius 3 is 2.35 bits per heavy atom. The lowest BCUT2D eigenvalue weighted by Crippen LogP contribution is -2.25. The van der Waals surface area contributed by atoms with Gasteiger partial charge in [-0.25, -0.2) is 4.99 Å². The van der Waals surface area contributed by atoms with E-state index in [4.69, 9.17) is 14.2 Å². The molecule has 0 saturated heterocycles. The Labute approximate surface area is 152 Å². The Morgan fingerprint density at radius 2 is 1.69 bits per heavy atom. The van der Waals surface area contributed by atoms with Gasteiger partial charge in [-0.3, -0.25) is 4.79 Å². The Kier molecular flexibility index (Phi) is 5.53. The minimum absolute atomic E-state index is 0.235. The molecule has 0 atom stereocenters. The standard InChI is InChI=1S/C20H20N2O4/c1-24-16-10-14(11-17(13-16)25-2)12-18-20(23)22-19(21-18)8-9-26-15-6-4-3-5-7-15/h3-7,10-13H,8-9H2,1-2H3,(H,21,22,23)/b18-12+. The smallest absolute Gasteiger partial charge is 0.275 e. The third-order valence-electron chi connectivity index (χ3n) is 3.77. The normalized spacial score (nSPS) is 14.8. The first-order valence-electron chi connectivity index (χ1n) is 8.19. The Balaban J connectivity index is 1.68. The van der Waals surface area contributed by atoms with E-state index in [2.05, 4.69) is 10.3 Å². The van der Waals surface area contributed by atoms with Gasteiger partial charge >= 0.3 is 0 Å². The molecule has 1 amide bonds. The second kappa shape index (κ2) is 8.20. The van der Waals surface area contributed by atoms with Crippen LogP contribution in [0.5, 0.6) is 17.2 Å². The van der Waals surface area contributed by atoms with Gasteiger partial charge in [-0.05, 0) is 35.9 Å². The molecule has 2 aromatic carbocycles. The number of amidine groups is 1. The van der Waals surface area contributed by atoms with Gasteiger partial charge in [0, 0.05) is 12.5 Å². The van der Waals surface area contributed by atoms with E-state index in [1.165, 1.54) is 0 Å². The highest BCUT2D eigenvalue weighted by Crippen LogP contribution is 2.25. The summed E-state index contributed by atoms with van der Waals surface area (Å²) in [6, 6.07) is 14.9. The highest BCUT2D eigenvalue weighted by atomic mass is 16.5. The predicted octanol–water partition coefficient (Wildman–Crippen LogP) is 3.04. The molecule has 0 fully saturated rings. The number of methoxy groups -OCH3 is 2. The summed E-state index contributed by atoms with van der Waals surface area (Å²) in [6.45, 7) is 0.434. The van der Waals surface area contributed by atoms with E-state index in [-0.39, 0.29) is 5.91 Å². The molecular formula is C20H20N2O4. The highest BCUT2D eigenvalue weighted by Gasteiger charge is 2.20. The minimum Gasteiger partial charge on any atom is -0.497 e. The van der Waals surface area contributed by atoms with Crippen molar-refractivity contribution >= 4 is 17.8 Å². The zero-order valence-corrected chi connectivity index (χ0v) is 14.7. The number of aliphatic imine (C=N–C) groups is 1. The van der Waals surface area contributed by atoms with Crippen LogP contribution in [0.4, 0.5) is 0 Å². The summed E-state index contributed by atoms with van der Waals surface area (Å²) in [5.41, 5.74) is 1.12. The fourth-order valence-corrected chi connectivity index (χ4v) is 2.49. The number of benzene rings is 2. The molecule has 0 aromatic heterocycles. The molecule has 0 spiro atoms. The fourth-order valence-electron chi connectivity index (χ4n) is 2.49. The van der Waals surface area contributed by atoms with Crippen LogP contribution in [0.1, 0.15) is 12.0 Å². The van der Waals surface area contributed by atoms with Crippen LogP contribution in [-0.4, -0.2) is 32.6 Å². The van der Waals surface area contributed by atoms with Crippen LogP contribution in [-0.2, 0) is 4.79 Å². The first-order chi connectivity index (χ1) is 12.7. The van der Waals surface area contributed by atoms with Crippen molar-refractivity contribution in [1.29, 1.82) is 0 Å². The average molecular weight is 352 g/mol. The molecule has 0 unspecified atom stereocenters. The zero-order valence-electron chi connectivity index (χ0n) is 14.7. The molecule has 26 heavy (non-hydrogen) atoms. The number of hydrogen-bond donors (Lipinski definition) is 1. The van der Waals surface area contributed by atoms with Crippen molar-refractivity contribution in [2.45, 2.75) is 6.42 Å². The lowest BCUT2D eigenvalue weighted by atomic mass is 10.1. The van der Waals surface area contributed by atoms with Crippen LogP contribution in [0.3, 0.4) is 0 Å². The van der Waals surface area contributed by atoms with Crippen LogP contribution >= 0.6 is 0 Å². The largest absolute Gasteiger partial charge is 0.497 e. The number of hydrogen-bond acceptors (Lipinski definition) is 5. The number of rotatable bonds is 7. The van der Waals surface area contributed by atoms with Crippen LogP contribution < -0.4 is 19.5 Å². The maximum Gasteiger partial charge on any atom is 0.275 e. The SMILES string of the molecule is COc1cc(/C=C2/N=C(CCOc3ccccc3)NC2=O)cc(OC)c1. The van der Waals surface area contributed by atoms with Crippen LogP contribution in [0, 0.1) is 0 Å². The second-order valence-electron chi connectivity index (χ2n) is 5.60. The van der Waals surface area contributed by atoms with Gasteiger partial charge in [-0.1, -0.05) is 18.2 Å². The van der Waals surface area contributed by atoms with Gasteiger partial charge in [0.2, 0.25) is 0 Å². The van der Waals surface area contributed by atoms with Crippen LogP contribution in [0.2, 0.25) is 0 Å². The minimum atomic E-state index is -0.235. The van der Waals surface area contributed by atoms with Crippen molar-refractivity contribution in [3.05, 3.63) is 59.8 Å². The maximum atomic E-state index is 12.1.